The van der Waals surface area contributed by atoms with Crippen LogP contribution in [0.2, 0.25) is 0 Å². The number of aryl methyl sites for hydroxylation is 1. The maximum Gasteiger partial charge on any atom is 0.233 e. The molecule has 1 atom stereocenters. The van der Waals surface area contributed by atoms with E-state index in [0.717, 1.165) is 75.4 Å². The molecule has 7 heteroatoms. The molecule has 1 unspecified atom stereocenters. The smallest absolute Gasteiger partial charge is 0.233 e. The lowest BCUT2D eigenvalue weighted by Crippen LogP contribution is -2.48. The quantitative estimate of drug-likeness (QED) is 0.731. The molecule has 1 aromatic carbocycles. The number of nitrogens with zero attached hydrogens (tertiary/aromatic N) is 4. The van der Waals surface area contributed by atoms with Crippen LogP contribution >= 0.6 is 0 Å². The van der Waals surface area contributed by atoms with Gasteiger partial charge in [-0.05, 0) is 43.4 Å². The summed E-state index contributed by atoms with van der Waals surface area (Å²) < 4.78 is 13.1. The van der Waals surface area contributed by atoms with Crippen molar-refractivity contribution in [3.05, 3.63) is 42.0 Å². The average molecular weight is 439 g/mol. The van der Waals surface area contributed by atoms with Gasteiger partial charge in [0.15, 0.2) is 0 Å². The molecule has 0 N–H and O–H groups in total. The molecule has 2 aliphatic heterocycles. The number of aromatic nitrogens is 3. The molecule has 3 fully saturated rings. The van der Waals surface area contributed by atoms with Crippen LogP contribution in [-0.2, 0) is 22.0 Å². The standard InChI is InChI=1S/C25H34N4O3/c1-28-18-26-27-22(28)21-16-29(17-24(21)12-14-32-15-13-24)23(30)25(10-4-3-5-11-25)19-6-8-20(31-2)9-7-19/h6-9,18,21H,3-5,10-17H2,1-2H3. The van der Waals surface area contributed by atoms with Crippen molar-refractivity contribution in [2.75, 3.05) is 33.4 Å². The fourth-order valence-corrected chi connectivity index (χ4v) is 6.37. The largest absolute Gasteiger partial charge is 0.497 e. The molecule has 1 amide bonds. The Morgan fingerprint density at radius 2 is 1.81 bits per heavy atom. The molecule has 1 spiro atoms. The summed E-state index contributed by atoms with van der Waals surface area (Å²) in [6.45, 7) is 2.99. The van der Waals surface area contributed by atoms with Crippen molar-refractivity contribution in [2.24, 2.45) is 12.5 Å². The lowest BCUT2D eigenvalue weighted by molar-refractivity contribution is -0.138. The Balaban J connectivity index is 1.49. The maximum absolute atomic E-state index is 14.3. The summed E-state index contributed by atoms with van der Waals surface area (Å²) in [7, 11) is 3.69. The van der Waals surface area contributed by atoms with Crippen LogP contribution in [0.15, 0.2) is 30.6 Å². The van der Waals surface area contributed by atoms with Gasteiger partial charge in [0.1, 0.15) is 17.9 Å². The van der Waals surface area contributed by atoms with Crippen LogP contribution in [0, 0.1) is 5.41 Å². The molecule has 172 valence electrons. The van der Waals surface area contributed by atoms with Crippen molar-refractivity contribution in [3.63, 3.8) is 0 Å². The number of hydrogen-bond donors (Lipinski definition) is 0. The van der Waals surface area contributed by atoms with Gasteiger partial charge in [0, 0.05) is 44.7 Å². The lowest BCUT2D eigenvalue weighted by Gasteiger charge is -2.40. The summed E-state index contributed by atoms with van der Waals surface area (Å²) in [5, 5.41) is 8.62. The molecular formula is C25H34N4O3. The molecular weight excluding hydrogens is 404 g/mol. The second-order valence-corrected chi connectivity index (χ2v) is 9.88. The van der Waals surface area contributed by atoms with E-state index in [0.29, 0.717) is 6.54 Å². The van der Waals surface area contributed by atoms with Crippen molar-refractivity contribution in [2.45, 2.75) is 56.3 Å². The minimum Gasteiger partial charge on any atom is -0.497 e. The molecule has 0 radical (unpaired) electrons. The number of carbonyl (C=O) groups is 1. The van der Waals surface area contributed by atoms with E-state index >= 15 is 0 Å². The minimum atomic E-state index is -0.439. The van der Waals surface area contributed by atoms with Crippen molar-refractivity contribution in [1.82, 2.24) is 19.7 Å². The van der Waals surface area contributed by atoms with Crippen molar-refractivity contribution >= 4 is 5.91 Å². The van der Waals surface area contributed by atoms with Crippen molar-refractivity contribution in [3.8, 4) is 5.75 Å². The first kappa shape index (κ1) is 21.4. The van der Waals surface area contributed by atoms with Crippen LogP contribution in [0.3, 0.4) is 0 Å². The Hall–Kier alpha value is -2.41. The molecule has 3 heterocycles. The van der Waals surface area contributed by atoms with E-state index in [-0.39, 0.29) is 17.2 Å². The number of ether oxygens (including phenoxy) is 2. The molecule has 5 rings (SSSR count). The van der Waals surface area contributed by atoms with Gasteiger partial charge in [0.2, 0.25) is 5.91 Å². The first-order chi connectivity index (χ1) is 15.6. The Kier molecular flexibility index (Phi) is 5.70. The summed E-state index contributed by atoms with van der Waals surface area (Å²) in [6, 6.07) is 8.18. The van der Waals surface area contributed by atoms with E-state index in [2.05, 4.69) is 27.2 Å². The average Bonchev–Trinajstić information content (AvgIpc) is 3.42. The number of hydrogen-bond acceptors (Lipinski definition) is 5. The Labute approximate surface area is 190 Å². The zero-order valence-electron chi connectivity index (χ0n) is 19.3. The molecule has 0 bridgehead atoms. The Morgan fingerprint density at radius 3 is 2.44 bits per heavy atom. The molecule has 3 aliphatic rings. The van der Waals surface area contributed by atoms with Gasteiger partial charge < -0.3 is 18.9 Å². The van der Waals surface area contributed by atoms with Crippen molar-refractivity contribution in [1.29, 1.82) is 0 Å². The number of likely N-dealkylation sites (tertiary alicyclic amines) is 1. The third-order valence-corrected chi connectivity index (χ3v) is 8.24. The fourth-order valence-electron chi connectivity index (χ4n) is 6.37. The first-order valence-corrected chi connectivity index (χ1v) is 11.9. The van der Waals surface area contributed by atoms with Gasteiger partial charge >= 0.3 is 0 Å². The Bertz CT molecular complexity index is 942. The normalized spacial score (nSPS) is 24.6. The van der Waals surface area contributed by atoms with Gasteiger partial charge in [-0.1, -0.05) is 31.4 Å². The Morgan fingerprint density at radius 1 is 1.09 bits per heavy atom. The van der Waals surface area contributed by atoms with Crippen LogP contribution in [-0.4, -0.2) is 59.0 Å². The van der Waals surface area contributed by atoms with Crippen LogP contribution in [0.1, 0.15) is 62.3 Å². The van der Waals surface area contributed by atoms with Gasteiger partial charge in [-0.3, -0.25) is 4.79 Å². The molecule has 32 heavy (non-hydrogen) atoms. The molecule has 1 saturated carbocycles. The van der Waals surface area contributed by atoms with Gasteiger partial charge in [0.25, 0.3) is 0 Å². The highest BCUT2D eigenvalue weighted by Gasteiger charge is 2.54. The second-order valence-electron chi connectivity index (χ2n) is 9.88. The topological polar surface area (TPSA) is 69.5 Å². The first-order valence-electron chi connectivity index (χ1n) is 11.9. The van der Waals surface area contributed by atoms with Gasteiger partial charge in [-0.25, -0.2) is 0 Å². The summed E-state index contributed by atoms with van der Waals surface area (Å²) >= 11 is 0. The predicted octanol–water partition coefficient (Wildman–Crippen LogP) is 3.45. The molecule has 1 aromatic heterocycles. The number of methoxy groups -OCH3 is 1. The number of carbonyl (C=O) groups excluding carboxylic acids is 1. The van der Waals surface area contributed by atoms with Crippen LogP contribution < -0.4 is 4.74 Å². The summed E-state index contributed by atoms with van der Waals surface area (Å²) in [5.74, 6) is 2.30. The van der Waals surface area contributed by atoms with E-state index in [4.69, 9.17) is 9.47 Å². The lowest BCUT2D eigenvalue weighted by atomic mass is 9.68. The third-order valence-electron chi connectivity index (χ3n) is 8.24. The third kappa shape index (κ3) is 3.51. The SMILES string of the molecule is COc1ccc(C2(C(=O)N3CC(c4nncn4C)C4(CCOCC4)C3)CCCCC2)cc1. The van der Waals surface area contributed by atoms with E-state index in [1.807, 2.05) is 23.7 Å². The van der Waals surface area contributed by atoms with Gasteiger partial charge in [0.05, 0.1) is 12.5 Å². The number of benzene rings is 1. The molecule has 7 nitrogen and oxygen atoms in total. The summed E-state index contributed by atoms with van der Waals surface area (Å²) in [5.41, 5.74) is 0.710. The molecule has 2 aromatic rings. The summed E-state index contributed by atoms with van der Waals surface area (Å²) in [4.78, 5) is 16.5. The van der Waals surface area contributed by atoms with Crippen LogP contribution in [0.4, 0.5) is 0 Å². The molecule has 1 aliphatic carbocycles. The maximum atomic E-state index is 14.3. The number of rotatable bonds is 4. The highest BCUT2D eigenvalue weighted by Crippen LogP contribution is 2.51. The minimum absolute atomic E-state index is 0.0183. The fraction of sp³-hybridized carbons (Fsp3) is 0.640. The van der Waals surface area contributed by atoms with Crippen molar-refractivity contribution < 1.29 is 14.3 Å². The predicted molar refractivity (Wildman–Crippen MR) is 121 cm³/mol. The van der Waals surface area contributed by atoms with Gasteiger partial charge in [-0.2, -0.15) is 0 Å². The van der Waals surface area contributed by atoms with Crippen LogP contribution in [0.5, 0.6) is 5.75 Å². The highest BCUT2D eigenvalue weighted by atomic mass is 16.5. The highest BCUT2D eigenvalue weighted by molar-refractivity contribution is 5.89. The molecule has 2 saturated heterocycles. The zero-order chi connectivity index (χ0) is 22.2. The van der Waals surface area contributed by atoms with Gasteiger partial charge in [-0.15, -0.1) is 10.2 Å². The van der Waals surface area contributed by atoms with E-state index in [9.17, 15) is 4.79 Å². The monoisotopic (exact) mass is 438 g/mol. The zero-order valence-corrected chi connectivity index (χ0v) is 19.3. The van der Waals surface area contributed by atoms with Crippen LogP contribution in [0.25, 0.3) is 0 Å². The number of amides is 1. The summed E-state index contributed by atoms with van der Waals surface area (Å²) in [6.07, 6.45) is 8.92. The second kappa shape index (κ2) is 8.50. The van der Waals surface area contributed by atoms with E-state index in [1.165, 1.54) is 6.42 Å². The van der Waals surface area contributed by atoms with E-state index in [1.54, 1.807) is 13.4 Å². The van der Waals surface area contributed by atoms with E-state index < -0.39 is 5.41 Å².